The van der Waals surface area contributed by atoms with Crippen LogP contribution < -0.4 is 5.32 Å². The molecule has 0 spiro atoms. The molecule has 0 aromatic heterocycles. The highest BCUT2D eigenvalue weighted by Gasteiger charge is 2.35. The van der Waals surface area contributed by atoms with Crippen LogP contribution in [0.5, 0.6) is 0 Å². The molecule has 2 unspecified atom stereocenters. The average molecular weight is 257 g/mol. The molecular weight excluding hydrogens is 234 g/mol. The van der Waals surface area contributed by atoms with Gasteiger partial charge in [0.2, 0.25) is 0 Å². The summed E-state index contributed by atoms with van der Waals surface area (Å²) in [7, 11) is 0. The van der Waals surface area contributed by atoms with E-state index in [9.17, 15) is 0 Å². The van der Waals surface area contributed by atoms with Crippen molar-refractivity contribution >= 4 is 0 Å². The fourth-order valence-electron chi connectivity index (χ4n) is 3.02. The third-order valence-corrected chi connectivity index (χ3v) is 3.98. The Morgan fingerprint density at radius 2 is 1.74 bits per heavy atom. The molecule has 0 saturated carbocycles. The number of rotatable bonds is 2. The Morgan fingerprint density at radius 1 is 1.16 bits per heavy atom. The zero-order chi connectivity index (χ0) is 13.7. The van der Waals surface area contributed by atoms with Crippen LogP contribution in [0.1, 0.15) is 37.8 Å². The van der Waals surface area contributed by atoms with Gasteiger partial charge in [0.15, 0.2) is 0 Å². The van der Waals surface area contributed by atoms with Crippen LogP contribution in [-0.2, 0) is 6.54 Å². The van der Waals surface area contributed by atoms with Crippen molar-refractivity contribution in [3.8, 4) is 6.07 Å². The number of hydrogen-bond acceptors (Lipinski definition) is 3. The molecule has 3 heteroatoms. The molecule has 2 fully saturated rings. The van der Waals surface area contributed by atoms with Crippen molar-refractivity contribution in [1.29, 1.82) is 5.26 Å². The summed E-state index contributed by atoms with van der Waals surface area (Å²) in [4.78, 5) is 2.62. The largest absolute Gasteiger partial charge is 0.314 e. The lowest BCUT2D eigenvalue weighted by Crippen LogP contribution is -2.51. The number of piperazine rings is 1. The van der Waals surface area contributed by atoms with Gasteiger partial charge in [-0.25, -0.2) is 0 Å². The van der Waals surface area contributed by atoms with Crippen molar-refractivity contribution < 1.29 is 0 Å². The van der Waals surface area contributed by atoms with Gasteiger partial charge in [0.05, 0.1) is 11.6 Å². The second-order valence-corrected chi connectivity index (χ2v) is 5.02. The Hall–Kier alpha value is -1.37. The van der Waals surface area contributed by atoms with Crippen LogP contribution in [0.15, 0.2) is 24.3 Å². The second-order valence-electron chi connectivity index (χ2n) is 5.02. The summed E-state index contributed by atoms with van der Waals surface area (Å²) in [6.45, 7) is 7.29. The first kappa shape index (κ1) is 14.0. The fraction of sp³-hybridized carbons (Fsp3) is 0.562. The topological polar surface area (TPSA) is 39.1 Å². The molecule has 2 bridgehead atoms. The summed E-state index contributed by atoms with van der Waals surface area (Å²) in [6, 6.07) is 11.6. The third-order valence-electron chi connectivity index (χ3n) is 3.98. The van der Waals surface area contributed by atoms with Crippen LogP contribution in [-0.4, -0.2) is 30.1 Å². The molecule has 1 aromatic rings. The van der Waals surface area contributed by atoms with Crippen LogP contribution >= 0.6 is 0 Å². The highest BCUT2D eigenvalue weighted by Crippen LogP contribution is 2.28. The number of nitrogens with one attached hydrogen (secondary N) is 1. The van der Waals surface area contributed by atoms with Crippen molar-refractivity contribution in [2.75, 3.05) is 13.1 Å². The van der Waals surface area contributed by atoms with Gasteiger partial charge in [0, 0.05) is 31.7 Å². The van der Waals surface area contributed by atoms with E-state index in [1.807, 2.05) is 26.0 Å². The minimum Gasteiger partial charge on any atom is -0.314 e. The van der Waals surface area contributed by atoms with Gasteiger partial charge >= 0.3 is 0 Å². The Balaban J connectivity index is 0.000000637. The lowest BCUT2D eigenvalue weighted by Gasteiger charge is -2.35. The van der Waals surface area contributed by atoms with E-state index in [2.05, 4.69) is 28.4 Å². The van der Waals surface area contributed by atoms with E-state index in [0.717, 1.165) is 25.2 Å². The normalized spacial score (nSPS) is 25.3. The Kier molecular flexibility index (Phi) is 4.95. The monoisotopic (exact) mass is 257 g/mol. The first-order valence-corrected chi connectivity index (χ1v) is 7.32. The predicted molar refractivity (Wildman–Crippen MR) is 77.7 cm³/mol. The molecule has 2 saturated heterocycles. The number of fused-ring (bicyclic) bond motifs is 2. The first-order valence-electron chi connectivity index (χ1n) is 7.32. The Morgan fingerprint density at radius 3 is 2.26 bits per heavy atom. The zero-order valence-electron chi connectivity index (χ0n) is 11.9. The van der Waals surface area contributed by atoms with Gasteiger partial charge in [-0.1, -0.05) is 26.0 Å². The predicted octanol–water partition coefficient (Wildman–Crippen LogP) is 2.52. The minimum atomic E-state index is 0.712. The maximum absolute atomic E-state index is 8.78. The van der Waals surface area contributed by atoms with Gasteiger partial charge in [0.25, 0.3) is 0 Å². The highest BCUT2D eigenvalue weighted by molar-refractivity contribution is 5.31. The van der Waals surface area contributed by atoms with E-state index < -0.39 is 0 Å². The SMILES string of the molecule is CC.N#Cc1ccc(CN2C3CCC2CNC3)cc1. The summed E-state index contributed by atoms with van der Waals surface area (Å²) in [5.74, 6) is 0. The van der Waals surface area contributed by atoms with Crippen LogP contribution in [0.3, 0.4) is 0 Å². The smallest absolute Gasteiger partial charge is 0.0991 e. The number of benzene rings is 1. The second kappa shape index (κ2) is 6.70. The van der Waals surface area contributed by atoms with Gasteiger partial charge < -0.3 is 5.32 Å². The lowest BCUT2D eigenvalue weighted by atomic mass is 10.1. The third kappa shape index (κ3) is 3.15. The van der Waals surface area contributed by atoms with Gasteiger partial charge in [-0.3, -0.25) is 4.90 Å². The molecular formula is C16H23N3. The molecule has 1 aromatic carbocycles. The standard InChI is InChI=1S/C14H17N3.C2H6/c15-7-11-1-3-12(4-2-11)10-17-13-5-6-14(17)9-16-8-13;1-2/h1-4,13-14,16H,5-6,8-10H2;1-2H3. The fourth-order valence-corrected chi connectivity index (χ4v) is 3.02. The van der Waals surface area contributed by atoms with Crippen LogP contribution in [0, 0.1) is 11.3 Å². The molecule has 0 radical (unpaired) electrons. The molecule has 102 valence electrons. The van der Waals surface area contributed by atoms with E-state index in [1.54, 1.807) is 0 Å². The Labute approximate surface area is 116 Å². The molecule has 3 rings (SSSR count). The summed E-state index contributed by atoms with van der Waals surface area (Å²) < 4.78 is 0. The van der Waals surface area contributed by atoms with E-state index >= 15 is 0 Å². The van der Waals surface area contributed by atoms with E-state index in [0.29, 0.717) is 12.1 Å². The Bertz CT molecular complexity index is 416. The van der Waals surface area contributed by atoms with Crippen LogP contribution in [0.4, 0.5) is 0 Å². The molecule has 0 aliphatic carbocycles. The molecule has 2 aliphatic rings. The van der Waals surface area contributed by atoms with Gasteiger partial charge in [-0.15, -0.1) is 0 Å². The highest BCUT2D eigenvalue weighted by atomic mass is 15.3. The number of nitriles is 1. The number of nitrogens with zero attached hydrogens (tertiary/aromatic N) is 2. The lowest BCUT2D eigenvalue weighted by molar-refractivity contribution is 0.145. The quantitative estimate of drug-likeness (QED) is 0.885. The summed E-state index contributed by atoms with van der Waals surface area (Å²) in [6.07, 6.45) is 2.65. The average Bonchev–Trinajstić information content (AvgIpc) is 2.71. The van der Waals surface area contributed by atoms with Crippen molar-refractivity contribution in [3.63, 3.8) is 0 Å². The van der Waals surface area contributed by atoms with E-state index in [-0.39, 0.29) is 0 Å². The minimum absolute atomic E-state index is 0.712. The molecule has 3 nitrogen and oxygen atoms in total. The molecule has 2 aliphatic heterocycles. The molecule has 0 amide bonds. The van der Waals surface area contributed by atoms with Crippen molar-refractivity contribution in [2.24, 2.45) is 0 Å². The van der Waals surface area contributed by atoms with Crippen molar-refractivity contribution in [2.45, 2.75) is 45.3 Å². The van der Waals surface area contributed by atoms with Gasteiger partial charge in [0.1, 0.15) is 0 Å². The van der Waals surface area contributed by atoms with Gasteiger partial charge in [-0.2, -0.15) is 5.26 Å². The first-order chi connectivity index (χ1) is 9.36. The van der Waals surface area contributed by atoms with Gasteiger partial charge in [-0.05, 0) is 30.5 Å². The molecule has 2 atom stereocenters. The summed E-state index contributed by atoms with van der Waals surface area (Å²) >= 11 is 0. The molecule has 19 heavy (non-hydrogen) atoms. The van der Waals surface area contributed by atoms with E-state index in [4.69, 9.17) is 5.26 Å². The van der Waals surface area contributed by atoms with Crippen molar-refractivity contribution in [3.05, 3.63) is 35.4 Å². The maximum atomic E-state index is 8.78. The summed E-state index contributed by atoms with van der Waals surface area (Å²) in [5.41, 5.74) is 2.07. The number of hydrogen-bond donors (Lipinski definition) is 1. The molecule has 1 N–H and O–H groups in total. The van der Waals surface area contributed by atoms with E-state index in [1.165, 1.54) is 18.4 Å². The van der Waals surface area contributed by atoms with Crippen molar-refractivity contribution in [1.82, 2.24) is 10.2 Å². The van der Waals surface area contributed by atoms with Crippen LogP contribution in [0.25, 0.3) is 0 Å². The zero-order valence-corrected chi connectivity index (χ0v) is 11.9. The summed E-state index contributed by atoms with van der Waals surface area (Å²) in [5, 5.41) is 12.3. The molecule has 2 heterocycles. The maximum Gasteiger partial charge on any atom is 0.0991 e. The van der Waals surface area contributed by atoms with Crippen LogP contribution in [0.2, 0.25) is 0 Å².